The number of anilines is 1. The molecular formula is C17H22N6O. The number of carbonyl (C=O) groups excluding carboxylic acids is 1. The number of nitrogens with two attached hydrogens (primary N) is 1. The third-order valence-electron chi connectivity index (χ3n) is 5.10. The van der Waals surface area contributed by atoms with Crippen LogP contribution in [0.25, 0.3) is 0 Å². The van der Waals surface area contributed by atoms with E-state index in [-0.39, 0.29) is 5.69 Å². The lowest BCUT2D eigenvalue weighted by Crippen LogP contribution is -2.24. The van der Waals surface area contributed by atoms with Gasteiger partial charge in [0.25, 0.3) is 5.91 Å². The quantitative estimate of drug-likeness (QED) is 0.921. The molecule has 1 fully saturated rings. The van der Waals surface area contributed by atoms with Gasteiger partial charge in [-0.1, -0.05) is 0 Å². The lowest BCUT2D eigenvalue weighted by molar-refractivity contribution is 0.0994. The largest absolute Gasteiger partial charge is 0.364 e. The van der Waals surface area contributed by atoms with E-state index in [1.54, 1.807) is 6.07 Å². The Kier molecular flexibility index (Phi) is 3.70. The van der Waals surface area contributed by atoms with Crippen LogP contribution in [0.3, 0.4) is 0 Å². The Balaban J connectivity index is 1.54. The number of nitrogens with zero attached hydrogens (tertiary/aromatic N) is 5. The zero-order chi connectivity index (χ0) is 16.7. The fraction of sp³-hybridized carbons (Fsp3) is 0.529. The molecule has 0 radical (unpaired) electrons. The highest BCUT2D eigenvalue weighted by Gasteiger charge is 2.29. The summed E-state index contributed by atoms with van der Waals surface area (Å²) in [5.74, 6) is 1.38. The number of amides is 1. The molecule has 7 nitrogen and oxygen atoms in total. The molecule has 1 aliphatic heterocycles. The number of fused-ring (bicyclic) bond motifs is 1. The van der Waals surface area contributed by atoms with Gasteiger partial charge in [0.05, 0.1) is 11.7 Å². The van der Waals surface area contributed by atoms with Gasteiger partial charge in [-0.15, -0.1) is 10.2 Å². The summed E-state index contributed by atoms with van der Waals surface area (Å²) in [6.07, 6.45) is 5.83. The second kappa shape index (κ2) is 5.89. The number of hydrogen-bond acceptors (Lipinski definition) is 5. The van der Waals surface area contributed by atoms with Gasteiger partial charge < -0.3 is 15.2 Å². The van der Waals surface area contributed by atoms with Gasteiger partial charge in [-0.05, 0) is 51.2 Å². The molecule has 4 rings (SSSR count). The van der Waals surface area contributed by atoms with Gasteiger partial charge >= 0.3 is 0 Å². The molecule has 1 amide bonds. The zero-order valence-electron chi connectivity index (χ0n) is 13.9. The van der Waals surface area contributed by atoms with Crippen molar-refractivity contribution < 1.29 is 4.79 Å². The SMILES string of the molecule is Cc1nc2c(n1[C@H]1CCN(c3ccc(C(N)=O)nn3)C1)CCCC2. The molecule has 126 valence electrons. The first kappa shape index (κ1) is 15.1. The van der Waals surface area contributed by atoms with Crippen molar-refractivity contribution in [3.8, 4) is 0 Å². The van der Waals surface area contributed by atoms with E-state index in [4.69, 9.17) is 10.7 Å². The number of aryl methyl sites for hydroxylation is 2. The third-order valence-corrected chi connectivity index (χ3v) is 5.10. The van der Waals surface area contributed by atoms with Crippen molar-refractivity contribution in [2.24, 2.45) is 5.73 Å². The summed E-state index contributed by atoms with van der Waals surface area (Å²) in [5.41, 5.74) is 8.15. The van der Waals surface area contributed by atoms with Gasteiger partial charge in [0.2, 0.25) is 0 Å². The molecule has 2 aliphatic rings. The summed E-state index contributed by atoms with van der Waals surface area (Å²) in [4.78, 5) is 18.1. The van der Waals surface area contributed by atoms with E-state index in [1.165, 1.54) is 24.2 Å². The minimum absolute atomic E-state index is 0.203. The number of hydrogen-bond donors (Lipinski definition) is 1. The molecular weight excluding hydrogens is 304 g/mol. The van der Waals surface area contributed by atoms with Gasteiger partial charge in [-0.25, -0.2) is 4.98 Å². The van der Waals surface area contributed by atoms with E-state index >= 15 is 0 Å². The van der Waals surface area contributed by atoms with Crippen molar-refractivity contribution in [1.29, 1.82) is 0 Å². The summed E-state index contributed by atoms with van der Waals surface area (Å²) in [6, 6.07) is 3.89. The fourth-order valence-corrected chi connectivity index (χ4v) is 3.97. The average molecular weight is 326 g/mol. The number of rotatable bonds is 3. The maximum Gasteiger partial charge on any atom is 0.269 e. The smallest absolute Gasteiger partial charge is 0.269 e. The molecule has 0 aromatic carbocycles. The minimum atomic E-state index is -0.547. The molecule has 1 atom stereocenters. The van der Waals surface area contributed by atoms with E-state index in [9.17, 15) is 4.79 Å². The van der Waals surface area contributed by atoms with Crippen LogP contribution in [0.1, 0.15) is 53.0 Å². The molecule has 1 saturated heterocycles. The molecule has 0 spiro atoms. The van der Waals surface area contributed by atoms with Gasteiger partial charge in [0.15, 0.2) is 11.5 Å². The van der Waals surface area contributed by atoms with E-state index in [0.29, 0.717) is 6.04 Å². The highest BCUT2D eigenvalue weighted by Crippen LogP contribution is 2.31. The fourth-order valence-electron chi connectivity index (χ4n) is 3.97. The standard InChI is InChI=1S/C17H22N6O/c1-11-19-13-4-2-3-5-15(13)23(11)12-8-9-22(10-12)16-7-6-14(17(18)24)20-21-16/h6-7,12H,2-5,8-10H2,1H3,(H2,18,24)/t12-/m0/s1. The van der Waals surface area contributed by atoms with Crippen LogP contribution in [0.5, 0.6) is 0 Å². The van der Waals surface area contributed by atoms with Crippen LogP contribution >= 0.6 is 0 Å². The van der Waals surface area contributed by atoms with Crippen molar-refractivity contribution >= 4 is 11.7 Å². The first-order chi connectivity index (χ1) is 11.6. The summed E-state index contributed by atoms with van der Waals surface area (Å²) in [7, 11) is 0. The normalized spacial score (nSPS) is 20.2. The molecule has 2 aromatic heterocycles. The molecule has 1 aliphatic carbocycles. The van der Waals surface area contributed by atoms with Crippen LogP contribution in [-0.2, 0) is 12.8 Å². The third kappa shape index (κ3) is 2.53. The van der Waals surface area contributed by atoms with E-state index < -0.39 is 5.91 Å². The molecule has 3 heterocycles. The Morgan fingerprint density at radius 1 is 1.25 bits per heavy atom. The van der Waals surface area contributed by atoms with E-state index in [0.717, 1.165) is 44.0 Å². The van der Waals surface area contributed by atoms with Gasteiger partial charge in [-0.3, -0.25) is 4.79 Å². The lowest BCUT2D eigenvalue weighted by atomic mass is 10.0. The average Bonchev–Trinajstić information content (AvgIpc) is 3.18. The summed E-state index contributed by atoms with van der Waals surface area (Å²) < 4.78 is 2.44. The van der Waals surface area contributed by atoms with Gasteiger partial charge in [0.1, 0.15) is 5.82 Å². The maximum atomic E-state index is 11.1. The molecule has 2 N–H and O–H groups in total. The van der Waals surface area contributed by atoms with E-state index in [2.05, 4.69) is 26.6 Å². The monoisotopic (exact) mass is 326 g/mol. The Hall–Kier alpha value is -2.44. The first-order valence-electron chi connectivity index (χ1n) is 8.58. The van der Waals surface area contributed by atoms with Crippen LogP contribution in [0.15, 0.2) is 12.1 Å². The summed E-state index contributed by atoms with van der Waals surface area (Å²) >= 11 is 0. The molecule has 0 unspecified atom stereocenters. The van der Waals surface area contributed by atoms with Gasteiger partial charge in [-0.2, -0.15) is 0 Å². The van der Waals surface area contributed by atoms with Crippen molar-refractivity contribution in [3.05, 3.63) is 35.0 Å². The number of primary amides is 1. The van der Waals surface area contributed by atoms with Crippen molar-refractivity contribution in [2.45, 2.75) is 45.1 Å². The van der Waals surface area contributed by atoms with Crippen molar-refractivity contribution in [2.75, 3.05) is 18.0 Å². The highest BCUT2D eigenvalue weighted by atomic mass is 16.1. The predicted molar refractivity (Wildman–Crippen MR) is 90.0 cm³/mol. The van der Waals surface area contributed by atoms with Crippen LogP contribution < -0.4 is 10.6 Å². The minimum Gasteiger partial charge on any atom is -0.364 e. The Labute approximate surface area is 140 Å². The van der Waals surface area contributed by atoms with Crippen molar-refractivity contribution in [1.82, 2.24) is 19.7 Å². The van der Waals surface area contributed by atoms with Crippen LogP contribution in [0.4, 0.5) is 5.82 Å². The Morgan fingerprint density at radius 2 is 2.08 bits per heavy atom. The number of imidazole rings is 1. The highest BCUT2D eigenvalue weighted by molar-refractivity contribution is 5.90. The summed E-state index contributed by atoms with van der Waals surface area (Å²) in [5, 5.41) is 8.07. The Morgan fingerprint density at radius 3 is 2.83 bits per heavy atom. The molecule has 2 aromatic rings. The van der Waals surface area contributed by atoms with Crippen LogP contribution in [0, 0.1) is 6.92 Å². The molecule has 7 heteroatoms. The Bertz CT molecular complexity index is 766. The van der Waals surface area contributed by atoms with Crippen LogP contribution in [0.2, 0.25) is 0 Å². The van der Waals surface area contributed by atoms with Crippen molar-refractivity contribution in [3.63, 3.8) is 0 Å². The lowest BCUT2D eigenvalue weighted by Gasteiger charge is -2.21. The maximum absolute atomic E-state index is 11.1. The van der Waals surface area contributed by atoms with E-state index in [1.807, 2.05) is 6.07 Å². The predicted octanol–water partition coefficient (Wildman–Crippen LogP) is 1.41. The topological polar surface area (TPSA) is 89.9 Å². The molecule has 0 bridgehead atoms. The zero-order valence-corrected chi connectivity index (χ0v) is 13.9. The van der Waals surface area contributed by atoms with Gasteiger partial charge in [0, 0.05) is 18.8 Å². The number of aromatic nitrogens is 4. The summed E-state index contributed by atoms with van der Waals surface area (Å²) in [6.45, 7) is 3.94. The first-order valence-corrected chi connectivity index (χ1v) is 8.58. The molecule has 0 saturated carbocycles. The molecule has 24 heavy (non-hydrogen) atoms. The second-order valence-electron chi connectivity index (χ2n) is 6.66. The second-order valence-corrected chi connectivity index (χ2v) is 6.66. The van der Waals surface area contributed by atoms with Crippen LogP contribution in [-0.4, -0.2) is 38.7 Å². The number of carbonyl (C=O) groups is 1.